The molecule has 0 aliphatic carbocycles. The quantitative estimate of drug-likeness (QED) is 0.924. The third-order valence-corrected chi connectivity index (χ3v) is 4.12. The van der Waals surface area contributed by atoms with Crippen molar-refractivity contribution in [2.45, 2.75) is 18.6 Å². The highest BCUT2D eigenvalue weighted by Crippen LogP contribution is 2.42. The summed E-state index contributed by atoms with van der Waals surface area (Å²) in [6, 6.07) is 14.0. The molecule has 0 saturated heterocycles. The number of hydrogen-bond acceptors (Lipinski definition) is 3. The van der Waals surface area contributed by atoms with E-state index in [9.17, 15) is 0 Å². The summed E-state index contributed by atoms with van der Waals surface area (Å²) in [5.41, 5.74) is 2.24. The first-order valence-electron chi connectivity index (χ1n) is 6.98. The Morgan fingerprint density at radius 3 is 2.81 bits per heavy atom. The molecule has 2 aromatic carbocycles. The Morgan fingerprint density at radius 1 is 1.24 bits per heavy atom. The molecule has 1 aliphatic rings. The molecule has 0 spiro atoms. The lowest BCUT2D eigenvalue weighted by Gasteiger charge is -2.32. The minimum Gasteiger partial charge on any atom is -0.497 e. The van der Waals surface area contributed by atoms with Crippen LogP contribution in [0.2, 0.25) is 5.02 Å². The van der Waals surface area contributed by atoms with Gasteiger partial charge in [-0.3, -0.25) is 0 Å². The number of ether oxygens (including phenoxy) is 2. The molecule has 0 amide bonds. The third-order valence-electron chi connectivity index (χ3n) is 3.88. The van der Waals surface area contributed by atoms with Crippen LogP contribution in [0.3, 0.4) is 0 Å². The molecule has 21 heavy (non-hydrogen) atoms. The molecule has 0 aromatic heterocycles. The van der Waals surface area contributed by atoms with Crippen molar-refractivity contribution >= 4 is 11.6 Å². The summed E-state index contributed by atoms with van der Waals surface area (Å²) in [6.07, 6.45) is 0.860. The van der Waals surface area contributed by atoms with Crippen molar-refractivity contribution in [2.75, 3.05) is 14.2 Å². The van der Waals surface area contributed by atoms with Crippen LogP contribution in [0.1, 0.15) is 29.7 Å². The zero-order valence-electron chi connectivity index (χ0n) is 12.1. The second-order valence-electron chi connectivity index (χ2n) is 5.14. The molecule has 110 valence electrons. The van der Waals surface area contributed by atoms with Crippen LogP contribution in [0.15, 0.2) is 42.5 Å². The molecule has 0 fully saturated rings. The van der Waals surface area contributed by atoms with E-state index in [2.05, 4.69) is 11.4 Å². The highest BCUT2D eigenvalue weighted by molar-refractivity contribution is 6.30. The number of methoxy groups -OCH3 is 1. The number of fused-ring (bicyclic) bond motifs is 1. The SMILES string of the molecule is CNC1CC(c2cccc(Cl)c2)Oc2ccc(OC)cc21. The lowest BCUT2D eigenvalue weighted by atomic mass is 9.93. The fraction of sp³-hybridized carbons (Fsp3) is 0.294. The van der Waals surface area contributed by atoms with E-state index in [4.69, 9.17) is 21.1 Å². The Morgan fingerprint density at radius 2 is 2.10 bits per heavy atom. The van der Waals surface area contributed by atoms with E-state index in [0.29, 0.717) is 0 Å². The zero-order valence-corrected chi connectivity index (χ0v) is 12.9. The number of hydrogen-bond donors (Lipinski definition) is 1. The van der Waals surface area contributed by atoms with Gasteiger partial charge in [0, 0.05) is 23.0 Å². The Kier molecular flexibility index (Phi) is 4.04. The summed E-state index contributed by atoms with van der Waals surface area (Å²) >= 11 is 6.09. The summed E-state index contributed by atoms with van der Waals surface area (Å²) < 4.78 is 11.4. The van der Waals surface area contributed by atoms with Crippen LogP contribution in [-0.2, 0) is 0 Å². The molecule has 0 bridgehead atoms. The van der Waals surface area contributed by atoms with Crippen molar-refractivity contribution < 1.29 is 9.47 Å². The van der Waals surface area contributed by atoms with Gasteiger partial charge in [-0.2, -0.15) is 0 Å². The molecule has 1 heterocycles. The third kappa shape index (κ3) is 2.85. The molecule has 4 heteroatoms. The lowest BCUT2D eigenvalue weighted by molar-refractivity contribution is 0.153. The largest absolute Gasteiger partial charge is 0.497 e. The number of halogens is 1. The molecule has 1 N–H and O–H groups in total. The van der Waals surface area contributed by atoms with Crippen molar-refractivity contribution in [3.63, 3.8) is 0 Å². The minimum absolute atomic E-state index is 0.00189. The normalized spacial score (nSPS) is 20.5. The topological polar surface area (TPSA) is 30.5 Å². The molecule has 2 aromatic rings. The van der Waals surface area contributed by atoms with Crippen LogP contribution in [0.5, 0.6) is 11.5 Å². The first kappa shape index (κ1) is 14.2. The zero-order chi connectivity index (χ0) is 14.8. The van der Waals surface area contributed by atoms with E-state index in [0.717, 1.165) is 34.1 Å². The van der Waals surface area contributed by atoms with Gasteiger partial charge in [-0.15, -0.1) is 0 Å². The maximum Gasteiger partial charge on any atom is 0.126 e. The van der Waals surface area contributed by atoms with Crippen LogP contribution in [0.4, 0.5) is 0 Å². The molecular weight excluding hydrogens is 286 g/mol. The van der Waals surface area contributed by atoms with Gasteiger partial charge in [-0.25, -0.2) is 0 Å². The van der Waals surface area contributed by atoms with Crippen molar-refractivity contribution in [3.05, 3.63) is 58.6 Å². The van der Waals surface area contributed by atoms with Gasteiger partial charge in [-0.05, 0) is 42.9 Å². The first-order valence-corrected chi connectivity index (χ1v) is 7.36. The summed E-state index contributed by atoms with van der Waals surface area (Å²) in [5.74, 6) is 1.74. The van der Waals surface area contributed by atoms with Crippen LogP contribution in [0, 0.1) is 0 Å². The lowest BCUT2D eigenvalue weighted by Crippen LogP contribution is -2.26. The summed E-state index contributed by atoms with van der Waals surface area (Å²) in [4.78, 5) is 0. The van der Waals surface area contributed by atoms with Crippen LogP contribution in [0.25, 0.3) is 0 Å². The fourth-order valence-corrected chi connectivity index (χ4v) is 2.96. The van der Waals surface area contributed by atoms with E-state index >= 15 is 0 Å². The van der Waals surface area contributed by atoms with Crippen molar-refractivity contribution in [1.82, 2.24) is 5.32 Å². The number of benzene rings is 2. The molecular formula is C17H18ClNO2. The average molecular weight is 304 g/mol. The Labute approximate surface area is 129 Å². The number of rotatable bonds is 3. The summed E-state index contributed by atoms with van der Waals surface area (Å²) in [6.45, 7) is 0. The van der Waals surface area contributed by atoms with Crippen LogP contribution < -0.4 is 14.8 Å². The van der Waals surface area contributed by atoms with Gasteiger partial charge in [0.05, 0.1) is 7.11 Å². The van der Waals surface area contributed by atoms with E-state index in [-0.39, 0.29) is 12.1 Å². The highest BCUT2D eigenvalue weighted by atomic mass is 35.5. The smallest absolute Gasteiger partial charge is 0.126 e. The summed E-state index contributed by atoms with van der Waals surface area (Å²) in [7, 11) is 3.64. The predicted molar refractivity (Wildman–Crippen MR) is 84.2 cm³/mol. The van der Waals surface area contributed by atoms with E-state index in [1.807, 2.05) is 43.4 Å². The standard InChI is InChI=1S/C17H18ClNO2/c1-19-15-10-17(11-4-3-5-12(18)8-11)21-16-7-6-13(20-2)9-14(15)16/h3-9,15,17,19H,10H2,1-2H3. The van der Waals surface area contributed by atoms with Crippen LogP contribution >= 0.6 is 11.6 Å². The van der Waals surface area contributed by atoms with Crippen LogP contribution in [-0.4, -0.2) is 14.2 Å². The van der Waals surface area contributed by atoms with Gasteiger partial charge in [0.15, 0.2) is 0 Å². The fourth-order valence-electron chi connectivity index (χ4n) is 2.76. The van der Waals surface area contributed by atoms with Gasteiger partial charge in [0.2, 0.25) is 0 Å². The molecule has 0 radical (unpaired) electrons. The molecule has 0 saturated carbocycles. The van der Waals surface area contributed by atoms with E-state index in [1.165, 1.54) is 0 Å². The maximum absolute atomic E-state index is 6.15. The maximum atomic E-state index is 6.15. The highest BCUT2D eigenvalue weighted by Gasteiger charge is 2.28. The molecule has 1 aliphatic heterocycles. The monoisotopic (exact) mass is 303 g/mol. The Bertz CT molecular complexity index is 644. The van der Waals surface area contributed by atoms with Gasteiger partial charge < -0.3 is 14.8 Å². The second-order valence-corrected chi connectivity index (χ2v) is 5.58. The molecule has 3 rings (SSSR count). The number of nitrogens with one attached hydrogen (secondary N) is 1. The molecule has 2 unspecified atom stereocenters. The van der Waals surface area contributed by atoms with Crippen molar-refractivity contribution in [1.29, 1.82) is 0 Å². The van der Waals surface area contributed by atoms with Crippen molar-refractivity contribution in [2.24, 2.45) is 0 Å². The van der Waals surface area contributed by atoms with Gasteiger partial charge in [0.25, 0.3) is 0 Å². The van der Waals surface area contributed by atoms with Crippen molar-refractivity contribution in [3.8, 4) is 11.5 Å². The summed E-state index contributed by atoms with van der Waals surface area (Å²) in [5, 5.41) is 4.09. The average Bonchev–Trinajstić information content (AvgIpc) is 2.53. The molecule has 2 atom stereocenters. The Hall–Kier alpha value is -1.71. The second kappa shape index (κ2) is 5.96. The van der Waals surface area contributed by atoms with Gasteiger partial charge >= 0.3 is 0 Å². The Balaban J connectivity index is 1.95. The molecule has 3 nitrogen and oxygen atoms in total. The van der Waals surface area contributed by atoms with Gasteiger partial charge in [0.1, 0.15) is 17.6 Å². The van der Waals surface area contributed by atoms with Gasteiger partial charge in [-0.1, -0.05) is 23.7 Å². The predicted octanol–water partition coefficient (Wildman–Crippen LogP) is 4.13. The van der Waals surface area contributed by atoms with E-state index in [1.54, 1.807) is 7.11 Å². The van der Waals surface area contributed by atoms with E-state index < -0.39 is 0 Å². The first-order chi connectivity index (χ1) is 10.2. The minimum atomic E-state index is 0.00189.